The molecule has 26 heavy (non-hydrogen) atoms. The highest BCUT2D eigenvalue weighted by Crippen LogP contribution is 2.22. The number of hydrogen-bond donors (Lipinski definition) is 1. The van der Waals surface area contributed by atoms with Gasteiger partial charge in [0.25, 0.3) is 5.91 Å². The van der Waals surface area contributed by atoms with Crippen molar-refractivity contribution in [3.05, 3.63) is 23.5 Å². The van der Waals surface area contributed by atoms with Crippen LogP contribution < -0.4 is 5.32 Å². The maximum Gasteiger partial charge on any atom is 0.309 e. The van der Waals surface area contributed by atoms with Gasteiger partial charge in [0.05, 0.1) is 17.4 Å². The van der Waals surface area contributed by atoms with Crippen LogP contribution in [0.1, 0.15) is 26.7 Å². The summed E-state index contributed by atoms with van der Waals surface area (Å²) >= 11 is 5.88. The lowest BCUT2D eigenvalue weighted by Crippen LogP contribution is -2.42. The maximum atomic E-state index is 12.2. The molecule has 0 spiro atoms. The molecule has 1 atom stereocenters. The number of rotatable bonds is 6. The van der Waals surface area contributed by atoms with Gasteiger partial charge >= 0.3 is 5.97 Å². The van der Waals surface area contributed by atoms with Crippen molar-refractivity contribution in [3.63, 3.8) is 0 Å². The lowest BCUT2D eigenvalue weighted by atomic mass is 9.98. The summed E-state index contributed by atoms with van der Waals surface area (Å²) in [7, 11) is -3.25. The summed E-state index contributed by atoms with van der Waals surface area (Å²) in [6, 6.07) is 3.21. The van der Waals surface area contributed by atoms with Crippen molar-refractivity contribution in [3.8, 4) is 0 Å². The smallest absolute Gasteiger partial charge is 0.309 e. The number of amides is 1. The Morgan fingerprint density at radius 3 is 2.65 bits per heavy atom. The van der Waals surface area contributed by atoms with Crippen LogP contribution in [-0.2, 0) is 24.3 Å². The fraction of sp³-hybridized carbons (Fsp3) is 0.562. The van der Waals surface area contributed by atoms with Gasteiger partial charge in [-0.1, -0.05) is 11.6 Å². The van der Waals surface area contributed by atoms with Gasteiger partial charge in [-0.05, 0) is 38.8 Å². The van der Waals surface area contributed by atoms with Crippen molar-refractivity contribution in [2.75, 3.05) is 24.2 Å². The number of nitrogens with zero attached hydrogens (tertiary/aromatic N) is 2. The highest BCUT2D eigenvalue weighted by Gasteiger charge is 2.32. The fourth-order valence-corrected chi connectivity index (χ4v) is 3.89. The highest BCUT2D eigenvalue weighted by atomic mass is 35.5. The van der Waals surface area contributed by atoms with Crippen LogP contribution in [0.5, 0.6) is 0 Å². The van der Waals surface area contributed by atoms with E-state index in [0.717, 1.165) is 0 Å². The molecule has 0 saturated carbocycles. The second-order valence-electron chi connectivity index (χ2n) is 5.98. The Morgan fingerprint density at radius 2 is 2.08 bits per heavy atom. The number of pyridine rings is 1. The Morgan fingerprint density at radius 1 is 1.42 bits per heavy atom. The normalized spacial score (nSPS) is 17.5. The van der Waals surface area contributed by atoms with E-state index in [9.17, 15) is 18.0 Å². The number of aromatic nitrogens is 1. The minimum atomic E-state index is -3.25. The van der Waals surface area contributed by atoms with Crippen molar-refractivity contribution in [1.82, 2.24) is 9.29 Å². The molecule has 0 aromatic carbocycles. The van der Waals surface area contributed by atoms with E-state index in [4.69, 9.17) is 16.3 Å². The quantitative estimate of drug-likeness (QED) is 0.572. The molecule has 1 aliphatic rings. The minimum absolute atomic E-state index is 0.0379. The molecule has 1 aromatic heterocycles. The van der Waals surface area contributed by atoms with Crippen molar-refractivity contribution in [2.24, 2.45) is 5.92 Å². The number of anilines is 1. The summed E-state index contributed by atoms with van der Waals surface area (Å²) in [6.45, 7) is 3.61. The number of sulfonamides is 1. The van der Waals surface area contributed by atoms with E-state index in [1.54, 1.807) is 19.1 Å². The third-order valence-corrected chi connectivity index (χ3v) is 6.41. The summed E-state index contributed by atoms with van der Waals surface area (Å²) in [4.78, 5) is 28.2. The lowest BCUT2D eigenvalue weighted by molar-refractivity contribution is -0.158. The number of carbonyl (C=O) groups is 2. The SMILES string of the molecule is CCS(=O)(=O)N1CCC(C(=O)OC(C)C(=O)Nc2cccnc2Cl)CC1. The third kappa shape index (κ3) is 5.15. The summed E-state index contributed by atoms with van der Waals surface area (Å²) in [5.41, 5.74) is 0.333. The summed E-state index contributed by atoms with van der Waals surface area (Å²) in [6.07, 6.45) is 1.24. The van der Waals surface area contributed by atoms with Crippen LogP contribution in [0.4, 0.5) is 5.69 Å². The Kier molecular flexibility index (Phi) is 6.96. The monoisotopic (exact) mass is 403 g/mol. The number of hydrogen-bond acceptors (Lipinski definition) is 6. The first-order chi connectivity index (χ1) is 12.2. The molecule has 2 heterocycles. The van der Waals surface area contributed by atoms with Crippen LogP contribution in [-0.4, -0.2) is 54.5 Å². The largest absolute Gasteiger partial charge is 0.452 e. The first-order valence-corrected chi connectivity index (χ1v) is 10.3. The van der Waals surface area contributed by atoms with Crippen LogP contribution in [0.15, 0.2) is 18.3 Å². The van der Waals surface area contributed by atoms with Crippen molar-refractivity contribution >= 4 is 39.2 Å². The molecule has 0 aliphatic carbocycles. The van der Waals surface area contributed by atoms with E-state index in [0.29, 0.717) is 18.5 Å². The number of carbonyl (C=O) groups excluding carboxylic acids is 2. The molecule has 8 nitrogen and oxygen atoms in total. The van der Waals surface area contributed by atoms with Crippen LogP contribution in [0, 0.1) is 5.92 Å². The van der Waals surface area contributed by atoms with E-state index >= 15 is 0 Å². The van der Waals surface area contributed by atoms with E-state index < -0.39 is 33.9 Å². The fourth-order valence-electron chi connectivity index (χ4n) is 2.59. The standard InChI is InChI=1S/C16H22ClN3O5S/c1-3-26(23,24)20-9-6-12(7-10-20)16(22)25-11(2)15(21)19-13-5-4-8-18-14(13)17/h4-5,8,11-12H,3,6-7,9-10H2,1-2H3,(H,19,21). The molecule has 10 heteroatoms. The van der Waals surface area contributed by atoms with Crippen LogP contribution in [0.3, 0.4) is 0 Å². The van der Waals surface area contributed by atoms with Gasteiger partial charge in [-0.3, -0.25) is 9.59 Å². The Balaban J connectivity index is 1.86. The number of nitrogens with one attached hydrogen (secondary N) is 1. The molecule has 1 unspecified atom stereocenters. The Bertz CT molecular complexity index is 763. The molecular formula is C16H22ClN3O5S. The van der Waals surface area contributed by atoms with E-state index in [2.05, 4.69) is 10.3 Å². The predicted molar refractivity (Wildman–Crippen MR) is 97.2 cm³/mol. The molecular weight excluding hydrogens is 382 g/mol. The van der Waals surface area contributed by atoms with E-state index in [1.165, 1.54) is 17.4 Å². The summed E-state index contributed by atoms with van der Waals surface area (Å²) in [5.74, 6) is -1.40. The Labute approximate surface area is 157 Å². The van der Waals surface area contributed by atoms with Gasteiger partial charge < -0.3 is 10.1 Å². The highest BCUT2D eigenvalue weighted by molar-refractivity contribution is 7.89. The zero-order valence-corrected chi connectivity index (χ0v) is 16.2. The van der Waals surface area contributed by atoms with E-state index in [1.807, 2.05) is 0 Å². The molecule has 0 bridgehead atoms. The number of halogens is 1. The van der Waals surface area contributed by atoms with Crippen LogP contribution in [0.25, 0.3) is 0 Å². The Hall–Kier alpha value is -1.71. The van der Waals surface area contributed by atoms with Gasteiger partial charge in [-0.2, -0.15) is 0 Å². The second-order valence-corrected chi connectivity index (χ2v) is 8.60. The molecule has 2 rings (SSSR count). The average Bonchev–Trinajstić information content (AvgIpc) is 2.63. The van der Waals surface area contributed by atoms with Gasteiger partial charge in [0.2, 0.25) is 10.0 Å². The zero-order valence-electron chi connectivity index (χ0n) is 14.6. The number of ether oxygens (including phenoxy) is 1. The average molecular weight is 404 g/mol. The maximum absolute atomic E-state index is 12.2. The van der Waals surface area contributed by atoms with Crippen molar-refractivity contribution in [1.29, 1.82) is 0 Å². The first kappa shape index (κ1) is 20.6. The van der Waals surface area contributed by atoms with Crippen LogP contribution in [0.2, 0.25) is 5.15 Å². The first-order valence-electron chi connectivity index (χ1n) is 8.34. The molecule has 1 N–H and O–H groups in total. The van der Waals surface area contributed by atoms with Gasteiger partial charge in [-0.25, -0.2) is 17.7 Å². The molecule has 1 fully saturated rings. The van der Waals surface area contributed by atoms with Gasteiger partial charge in [0, 0.05) is 19.3 Å². The lowest BCUT2D eigenvalue weighted by Gasteiger charge is -2.30. The summed E-state index contributed by atoms with van der Waals surface area (Å²) in [5, 5.41) is 2.70. The second kappa shape index (κ2) is 8.79. The molecule has 1 saturated heterocycles. The molecule has 1 amide bonds. The molecule has 1 aliphatic heterocycles. The number of esters is 1. The third-order valence-electron chi connectivity index (χ3n) is 4.22. The molecule has 144 valence electrons. The minimum Gasteiger partial charge on any atom is -0.452 e. The topological polar surface area (TPSA) is 106 Å². The number of piperidine rings is 1. The molecule has 0 radical (unpaired) electrons. The molecule has 1 aromatic rings. The van der Waals surface area contributed by atoms with E-state index in [-0.39, 0.29) is 24.0 Å². The van der Waals surface area contributed by atoms with Gasteiger partial charge in [0.15, 0.2) is 11.3 Å². The van der Waals surface area contributed by atoms with Gasteiger partial charge in [0.1, 0.15) is 0 Å². The van der Waals surface area contributed by atoms with Gasteiger partial charge in [-0.15, -0.1) is 0 Å². The predicted octanol–water partition coefficient (Wildman–Crippen LogP) is 1.67. The van der Waals surface area contributed by atoms with Crippen LogP contribution >= 0.6 is 11.6 Å². The van der Waals surface area contributed by atoms with Crippen molar-refractivity contribution < 1.29 is 22.7 Å². The summed E-state index contributed by atoms with van der Waals surface area (Å²) < 4.78 is 30.3. The van der Waals surface area contributed by atoms with Crippen molar-refractivity contribution in [2.45, 2.75) is 32.8 Å². The zero-order chi connectivity index (χ0) is 19.3.